The van der Waals surface area contributed by atoms with Crippen molar-refractivity contribution >= 4 is 17.7 Å². The van der Waals surface area contributed by atoms with Gasteiger partial charge in [-0.1, -0.05) is 0 Å². The summed E-state index contributed by atoms with van der Waals surface area (Å²) >= 11 is 0. The van der Waals surface area contributed by atoms with E-state index in [0.29, 0.717) is 24.7 Å². The molecule has 2 saturated heterocycles. The molecule has 4 heterocycles. The number of hydrogen-bond acceptors (Lipinski definition) is 7. The maximum atomic E-state index is 12.8. The summed E-state index contributed by atoms with van der Waals surface area (Å²) in [4.78, 5) is 41.6. The van der Waals surface area contributed by atoms with Crippen LogP contribution in [0.2, 0.25) is 0 Å². The summed E-state index contributed by atoms with van der Waals surface area (Å²) in [5, 5.41) is 2.66. The Morgan fingerprint density at radius 1 is 1.16 bits per heavy atom. The minimum absolute atomic E-state index is 0.00532. The fourth-order valence-corrected chi connectivity index (χ4v) is 5.09. The number of nitrogens with zero attached hydrogens (tertiary/aromatic N) is 4. The van der Waals surface area contributed by atoms with Gasteiger partial charge < -0.3 is 19.9 Å². The SMILES string of the molecule is CNC(=O)c1ccnc(N2CCC3(CCc4c3nc(N3CCOCC3)[nH]c4=O)CC2)c1. The molecule has 1 aliphatic carbocycles. The van der Waals surface area contributed by atoms with Gasteiger partial charge in [0, 0.05) is 56.0 Å². The van der Waals surface area contributed by atoms with Crippen LogP contribution in [0.3, 0.4) is 0 Å². The molecule has 9 heteroatoms. The van der Waals surface area contributed by atoms with E-state index < -0.39 is 0 Å². The molecule has 0 aromatic carbocycles. The third-order valence-electron chi connectivity index (χ3n) is 6.95. The first-order valence-corrected chi connectivity index (χ1v) is 11.0. The Morgan fingerprint density at radius 3 is 2.68 bits per heavy atom. The van der Waals surface area contributed by atoms with Crippen molar-refractivity contribution in [2.75, 3.05) is 56.2 Å². The van der Waals surface area contributed by atoms with Gasteiger partial charge in [-0.2, -0.15) is 0 Å². The number of carbonyl (C=O) groups excluding carboxylic acids is 1. The van der Waals surface area contributed by atoms with Crippen LogP contribution in [0.5, 0.6) is 0 Å². The molecule has 2 aromatic rings. The zero-order valence-electron chi connectivity index (χ0n) is 17.8. The van der Waals surface area contributed by atoms with Crippen molar-refractivity contribution in [3.8, 4) is 0 Å². The Bertz CT molecular complexity index is 1040. The van der Waals surface area contributed by atoms with E-state index in [2.05, 4.69) is 25.1 Å². The molecule has 2 aliphatic heterocycles. The third-order valence-corrected chi connectivity index (χ3v) is 6.95. The van der Waals surface area contributed by atoms with Gasteiger partial charge in [-0.25, -0.2) is 9.97 Å². The first kappa shape index (κ1) is 20.0. The third kappa shape index (κ3) is 3.56. The number of aromatic amines is 1. The Hall–Kier alpha value is -2.94. The number of morpholine rings is 1. The van der Waals surface area contributed by atoms with Gasteiger partial charge in [-0.3, -0.25) is 14.6 Å². The molecular formula is C22H28N6O3. The van der Waals surface area contributed by atoms with Crippen LogP contribution in [0.1, 0.15) is 40.9 Å². The van der Waals surface area contributed by atoms with Crippen molar-refractivity contribution in [3.63, 3.8) is 0 Å². The number of anilines is 2. The van der Waals surface area contributed by atoms with E-state index in [0.717, 1.165) is 68.9 Å². The lowest BCUT2D eigenvalue weighted by molar-refractivity contribution is 0.0963. The zero-order chi connectivity index (χ0) is 21.4. The van der Waals surface area contributed by atoms with Gasteiger partial charge in [0.1, 0.15) is 5.82 Å². The highest BCUT2D eigenvalue weighted by molar-refractivity contribution is 5.94. The van der Waals surface area contributed by atoms with Crippen LogP contribution in [0.25, 0.3) is 0 Å². The molecule has 31 heavy (non-hydrogen) atoms. The molecule has 0 radical (unpaired) electrons. The smallest absolute Gasteiger partial charge is 0.255 e. The van der Waals surface area contributed by atoms with Crippen molar-refractivity contribution in [2.45, 2.75) is 31.1 Å². The molecule has 2 aromatic heterocycles. The summed E-state index contributed by atoms with van der Waals surface area (Å²) in [5.41, 5.74) is 2.40. The highest BCUT2D eigenvalue weighted by atomic mass is 16.5. The van der Waals surface area contributed by atoms with E-state index in [1.54, 1.807) is 19.3 Å². The van der Waals surface area contributed by atoms with Crippen molar-refractivity contribution in [2.24, 2.45) is 0 Å². The number of amides is 1. The Balaban J connectivity index is 1.38. The molecular weight excluding hydrogens is 396 g/mol. The van der Waals surface area contributed by atoms with Crippen molar-refractivity contribution in [1.29, 1.82) is 0 Å². The number of piperidine rings is 1. The molecule has 3 aliphatic rings. The molecule has 0 atom stereocenters. The van der Waals surface area contributed by atoms with Gasteiger partial charge in [0.15, 0.2) is 0 Å². The van der Waals surface area contributed by atoms with Gasteiger partial charge in [0.05, 0.1) is 18.9 Å². The fraction of sp³-hybridized carbons (Fsp3) is 0.545. The topological polar surface area (TPSA) is 103 Å². The Kier molecular flexibility index (Phi) is 5.13. The van der Waals surface area contributed by atoms with E-state index in [9.17, 15) is 9.59 Å². The summed E-state index contributed by atoms with van der Waals surface area (Å²) in [5.74, 6) is 1.39. The standard InChI is InChI=1S/C22H28N6O3/c1-23-19(29)15-3-7-24-17(14-15)27-8-5-22(6-9-27)4-2-16-18(22)25-21(26-20(16)30)28-10-12-31-13-11-28/h3,7,14H,2,4-6,8-13H2,1H3,(H,23,29)(H,25,26,30). The number of hydrogen-bond donors (Lipinski definition) is 2. The van der Waals surface area contributed by atoms with E-state index in [1.807, 2.05) is 6.07 Å². The number of carbonyl (C=O) groups is 1. The number of fused-ring (bicyclic) bond motifs is 2. The summed E-state index contributed by atoms with van der Waals surface area (Å²) in [6.07, 6.45) is 5.27. The van der Waals surface area contributed by atoms with Crippen LogP contribution in [0.15, 0.2) is 23.1 Å². The van der Waals surface area contributed by atoms with Crippen LogP contribution >= 0.6 is 0 Å². The van der Waals surface area contributed by atoms with E-state index in [-0.39, 0.29) is 16.9 Å². The predicted molar refractivity (Wildman–Crippen MR) is 117 cm³/mol. The van der Waals surface area contributed by atoms with Crippen molar-refractivity contribution in [1.82, 2.24) is 20.3 Å². The molecule has 9 nitrogen and oxygen atoms in total. The lowest BCUT2D eigenvalue weighted by atomic mass is 9.76. The highest BCUT2D eigenvalue weighted by Crippen LogP contribution is 2.45. The number of aromatic nitrogens is 3. The second-order valence-corrected chi connectivity index (χ2v) is 8.57. The summed E-state index contributed by atoms with van der Waals surface area (Å²) in [6, 6.07) is 3.57. The Morgan fingerprint density at radius 2 is 1.94 bits per heavy atom. The number of rotatable bonds is 3. The molecule has 5 rings (SSSR count). The summed E-state index contributed by atoms with van der Waals surface area (Å²) in [6.45, 7) is 4.45. The van der Waals surface area contributed by atoms with E-state index in [4.69, 9.17) is 9.72 Å². The lowest BCUT2D eigenvalue weighted by Crippen LogP contribution is -2.43. The molecule has 1 spiro atoms. The first-order chi connectivity index (χ1) is 15.1. The van der Waals surface area contributed by atoms with Crippen LogP contribution in [-0.4, -0.2) is 67.3 Å². The van der Waals surface area contributed by atoms with E-state index >= 15 is 0 Å². The Labute approximate surface area is 180 Å². The number of H-pyrrole nitrogens is 1. The molecule has 0 unspecified atom stereocenters. The number of nitrogens with one attached hydrogen (secondary N) is 2. The highest BCUT2D eigenvalue weighted by Gasteiger charge is 2.44. The minimum atomic E-state index is -0.110. The lowest BCUT2D eigenvalue weighted by Gasteiger charge is -2.40. The quantitative estimate of drug-likeness (QED) is 0.753. The van der Waals surface area contributed by atoms with E-state index in [1.165, 1.54) is 0 Å². The monoisotopic (exact) mass is 424 g/mol. The second kappa shape index (κ2) is 7.96. The van der Waals surface area contributed by atoms with Crippen LogP contribution in [0, 0.1) is 0 Å². The second-order valence-electron chi connectivity index (χ2n) is 8.57. The minimum Gasteiger partial charge on any atom is -0.378 e. The largest absolute Gasteiger partial charge is 0.378 e. The molecule has 0 bridgehead atoms. The van der Waals surface area contributed by atoms with Gasteiger partial charge >= 0.3 is 0 Å². The average Bonchev–Trinajstić information content (AvgIpc) is 3.18. The van der Waals surface area contributed by atoms with Crippen molar-refractivity contribution < 1.29 is 9.53 Å². The van der Waals surface area contributed by atoms with Gasteiger partial charge in [0.2, 0.25) is 5.95 Å². The summed E-state index contributed by atoms with van der Waals surface area (Å²) in [7, 11) is 1.63. The first-order valence-electron chi connectivity index (χ1n) is 11.0. The van der Waals surface area contributed by atoms with Gasteiger partial charge in [-0.15, -0.1) is 0 Å². The maximum absolute atomic E-state index is 12.8. The fourth-order valence-electron chi connectivity index (χ4n) is 5.09. The van der Waals surface area contributed by atoms with Crippen LogP contribution in [-0.2, 0) is 16.6 Å². The molecule has 164 valence electrons. The van der Waals surface area contributed by atoms with Gasteiger partial charge in [-0.05, 0) is 37.8 Å². The van der Waals surface area contributed by atoms with Crippen LogP contribution in [0.4, 0.5) is 11.8 Å². The van der Waals surface area contributed by atoms with Crippen LogP contribution < -0.4 is 20.7 Å². The van der Waals surface area contributed by atoms with Crippen molar-refractivity contribution in [3.05, 3.63) is 45.5 Å². The molecule has 2 fully saturated rings. The average molecular weight is 425 g/mol. The predicted octanol–water partition coefficient (Wildman–Crippen LogP) is 0.846. The summed E-state index contributed by atoms with van der Waals surface area (Å²) < 4.78 is 5.44. The molecule has 1 amide bonds. The normalized spacial score (nSPS) is 20.0. The molecule has 0 saturated carbocycles. The number of pyridine rings is 1. The maximum Gasteiger partial charge on any atom is 0.255 e. The zero-order valence-corrected chi connectivity index (χ0v) is 17.8. The number of ether oxygens (including phenoxy) is 1. The van der Waals surface area contributed by atoms with Gasteiger partial charge in [0.25, 0.3) is 11.5 Å². The molecule has 2 N–H and O–H groups in total.